The summed E-state index contributed by atoms with van der Waals surface area (Å²) >= 11 is 0. The van der Waals surface area contributed by atoms with Gasteiger partial charge in [-0.15, -0.1) is 12.3 Å². The van der Waals surface area contributed by atoms with Crippen LogP contribution in [-0.4, -0.2) is 23.8 Å². The maximum absolute atomic E-state index is 10.9. The Morgan fingerprint density at radius 3 is 3.00 bits per heavy atom. The van der Waals surface area contributed by atoms with Crippen molar-refractivity contribution in [1.82, 2.24) is 0 Å². The molecule has 0 bridgehead atoms. The van der Waals surface area contributed by atoms with Gasteiger partial charge in [-0.05, 0) is 26.2 Å². The molecule has 0 amide bonds. The second-order valence-electron chi connectivity index (χ2n) is 3.15. The predicted molar refractivity (Wildman–Crippen MR) is 59.1 cm³/mol. The first-order valence-electron chi connectivity index (χ1n) is 5.15. The van der Waals surface area contributed by atoms with Crippen LogP contribution < -0.4 is 0 Å². The molecule has 0 spiro atoms. The van der Waals surface area contributed by atoms with E-state index in [9.17, 15) is 9.90 Å². The number of allylic oxidation sites excluding steroid dienone is 1. The Hall–Kier alpha value is -1.27. The average molecular weight is 210 g/mol. The zero-order valence-electron chi connectivity index (χ0n) is 9.11. The van der Waals surface area contributed by atoms with Crippen LogP contribution in [-0.2, 0) is 9.53 Å². The van der Waals surface area contributed by atoms with Crippen LogP contribution in [0.2, 0.25) is 0 Å². The Morgan fingerprint density at radius 1 is 1.67 bits per heavy atom. The van der Waals surface area contributed by atoms with Crippen molar-refractivity contribution in [2.45, 2.75) is 38.7 Å². The molecular weight excluding hydrogens is 192 g/mol. The highest BCUT2D eigenvalue weighted by atomic mass is 16.5. The molecule has 0 aromatic carbocycles. The summed E-state index contributed by atoms with van der Waals surface area (Å²) in [6.07, 6.45) is 10.4. The van der Waals surface area contributed by atoms with E-state index in [-0.39, 0.29) is 5.97 Å². The zero-order valence-corrected chi connectivity index (χ0v) is 9.11. The summed E-state index contributed by atoms with van der Waals surface area (Å²) in [6, 6.07) is 0. The Bertz CT molecular complexity index is 238. The number of aliphatic hydroxyl groups excluding tert-OH is 1. The van der Waals surface area contributed by atoms with E-state index >= 15 is 0 Å². The second-order valence-corrected chi connectivity index (χ2v) is 3.15. The van der Waals surface area contributed by atoms with Gasteiger partial charge in [0.05, 0.1) is 12.7 Å². The van der Waals surface area contributed by atoms with Crippen molar-refractivity contribution in [2.24, 2.45) is 0 Å². The van der Waals surface area contributed by atoms with E-state index in [4.69, 9.17) is 11.2 Å². The summed E-state index contributed by atoms with van der Waals surface area (Å²) < 4.78 is 4.71. The van der Waals surface area contributed by atoms with Crippen LogP contribution in [0.1, 0.15) is 32.6 Å². The van der Waals surface area contributed by atoms with Gasteiger partial charge in [-0.2, -0.15) is 0 Å². The van der Waals surface area contributed by atoms with Gasteiger partial charge in [0.1, 0.15) is 0 Å². The molecule has 0 heterocycles. The first-order chi connectivity index (χ1) is 7.20. The lowest BCUT2D eigenvalue weighted by Crippen LogP contribution is -2.04. The van der Waals surface area contributed by atoms with Crippen molar-refractivity contribution in [2.75, 3.05) is 6.61 Å². The molecule has 1 N–H and O–H groups in total. The Balaban J connectivity index is 3.46. The Morgan fingerprint density at radius 2 is 2.40 bits per heavy atom. The SMILES string of the molecule is C#CC[C@H](O)CCC/C=C/C(=O)OCC. The molecule has 0 saturated heterocycles. The fourth-order valence-corrected chi connectivity index (χ4v) is 1.08. The van der Waals surface area contributed by atoms with Gasteiger partial charge in [-0.25, -0.2) is 4.79 Å². The molecule has 3 heteroatoms. The number of carbonyl (C=O) groups is 1. The summed E-state index contributed by atoms with van der Waals surface area (Å²) in [4.78, 5) is 10.9. The van der Waals surface area contributed by atoms with Gasteiger partial charge in [-0.1, -0.05) is 6.08 Å². The molecule has 84 valence electrons. The van der Waals surface area contributed by atoms with Crippen molar-refractivity contribution in [1.29, 1.82) is 0 Å². The lowest BCUT2D eigenvalue weighted by molar-refractivity contribution is -0.137. The molecule has 3 nitrogen and oxygen atoms in total. The zero-order chi connectivity index (χ0) is 11.5. The van der Waals surface area contributed by atoms with E-state index in [1.807, 2.05) is 0 Å². The van der Waals surface area contributed by atoms with Crippen LogP contribution in [0.25, 0.3) is 0 Å². The molecule has 0 aliphatic rings. The monoisotopic (exact) mass is 210 g/mol. The smallest absolute Gasteiger partial charge is 0.330 e. The minimum atomic E-state index is -0.425. The molecule has 0 aromatic heterocycles. The molecule has 1 atom stereocenters. The van der Waals surface area contributed by atoms with E-state index in [0.29, 0.717) is 19.4 Å². The van der Waals surface area contributed by atoms with Crippen molar-refractivity contribution >= 4 is 5.97 Å². The highest BCUT2D eigenvalue weighted by Gasteiger charge is 2.00. The number of aliphatic hydroxyl groups is 1. The molecule has 0 unspecified atom stereocenters. The number of hydrogen-bond acceptors (Lipinski definition) is 3. The number of esters is 1. The van der Waals surface area contributed by atoms with Gasteiger partial charge in [-0.3, -0.25) is 0 Å². The van der Waals surface area contributed by atoms with E-state index in [0.717, 1.165) is 12.8 Å². The molecule has 0 aromatic rings. The highest BCUT2D eigenvalue weighted by Crippen LogP contribution is 2.04. The van der Waals surface area contributed by atoms with Gasteiger partial charge in [0.2, 0.25) is 0 Å². The van der Waals surface area contributed by atoms with Crippen LogP contribution in [0.3, 0.4) is 0 Å². The van der Waals surface area contributed by atoms with Gasteiger partial charge in [0.15, 0.2) is 0 Å². The van der Waals surface area contributed by atoms with Crippen molar-refractivity contribution < 1.29 is 14.6 Å². The summed E-state index contributed by atoms with van der Waals surface area (Å²) in [5, 5.41) is 9.28. The quantitative estimate of drug-likeness (QED) is 0.301. The number of terminal acetylenes is 1. The first kappa shape index (κ1) is 13.7. The minimum Gasteiger partial charge on any atom is -0.463 e. The third-order valence-corrected chi connectivity index (χ3v) is 1.80. The lowest BCUT2D eigenvalue weighted by atomic mass is 10.1. The number of ether oxygens (including phenoxy) is 1. The normalized spacial score (nSPS) is 12.3. The first-order valence-corrected chi connectivity index (χ1v) is 5.15. The molecular formula is C12H18O3. The van der Waals surface area contributed by atoms with Crippen LogP contribution in [0.15, 0.2) is 12.2 Å². The summed E-state index contributed by atoms with van der Waals surface area (Å²) in [5.74, 6) is 2.08. The topological polar surface area (TPSA) is 46.5 Å². The molecule has 0 fully saturated rings. The Labute approximate surface area is 91.1 Å². The molecule has 0 radical (unpaired) electrons. The van der Waals surface area contributed by atoms with E-state index in [1.54, 1.807) is 13.0 Å². The third kappa shape index (κ3) is 9.04. The maximum atomic E-state index is 10.9. The highest BCUT2D eigenvalue weighted by molar-refractivity contribution is 5.81. The van der Waals surface area contributed by atoms with Crippen molar-refractivity contribution in [3.05, 3.63) is 12.2 Å². The lowest BCUT2D eigenvalue weighted by Gasteiger charge is -2.04. The molecule has 0 saturated carbocycles. The standard InChI is InChI=1S/C12H18O3/c1-3-8-11(13)9-6-5-7-10-12(14)15-4-2/h1,7,10-11,13H,4-6,8-9H2,2H3/b10-7+/t11-/m0/s1. The molecule has 0 aliphatic carbocycles. The van der Waals surface area contributed by atoms with Gasteiger partial charge in [0.25, 0.3) is 0 Å². The fraction of sp³-hybridized carbons (Fsp3) is 0.583. The number of hydrogen-bond donors (Lipinski definition) is 1. The predicted octanol–water partition coefficient (Wildman–Crippen LogP) is 1.66. The second kappa shape index (κ2) is 9.29. The van der Waals surface area contributed by atoms with Gasteiger partial charge in [0, 0.05) is 12.5 Å². The molecule has 0 rings (SSSR count). The summed E-state index contributed by atoms with van der Waals surface area (Å²) in [6.45, 7) is 2.16. The van der Waals surface area contributed by atoms with E-state index < -0.39 is 6.10 Å². The average Bonchev–Trinajstić information content (AvgIpc) is 2.18. The number of rotatable bonds is 7. The maximum Gasteiger partial charge on any atom is 0.330 e. The Kier molecular flexibility index (Phi) is 8.50. The van der Waals surface area contributed by atoms with Crippen LogP contribution in [0, 0.1) is 12.3 Å². The van der Waals surface area contributed by atoms with Crippen LogP contribution in [0.5, 0.6) is 0 Å². The minimum absolute atomic E-state index is 0.318. The van der Waals surface area contributed by atoms with Crippen LogP contribution >= 0.6 is 0 Å². The number of unbranched alkanes of at least 4 members (excludes halogenated alkanes) is 1. The molecule has 15 heavy (non-hydrogen) atoms. The summed E-state index contributed by atoms with van der Waals surface area (Å²) in [7, 11) is 0. The largest absolute Gasteiger partial charge is 0.463 e. The third-order valence-electron chi connectivity index (χ3n) is 1.80. The van der Waals surface area contributed by atoms with Crippen LogP contribution in [0.4, 0.5) is 0 Å². The van der Waals surface area contributed by atoms with Gasteiger partial charge < -0.3 is 9.84 Å². The van der Waals surface area contributed by atoms with Crippen molar-refractivity contribution in [3.63, 3.8) is 0 Å². The number of carbonyl (C=O) groups excluding carboxylic acids is 1. The fourth-order valence-electron chi connectivity index (χ4n) is 1.08. The summed E-state index contributed by atoms with van der Waals surface area (Å²) in [5.41, 5.74) is 0. The molecule has 0 aliphatic heterocycles. The van der Waals surface area contributed by atoms with Crippen molar-refractivity contribution in [3.8, 4) is 12.3 Å². The van der Waals surface area contributed by atoms with Gasteiger partial charge >= 0.3 is 5.97 Å². The van der Waals surface area contributed by atoms with E-state index in [1.165, 1.54) is 6.08 Å². The van der Waals surface area contributed by atoms with E-state index in [2.05, 4.69) is 5.92 Å².